The van der Waals surface area contributed by atoms with Crippen molar-refractivity contribution < 1.29 is 9.90 Å². The fourth-order valence-corrected chi connectivity index (χ4v) is 1.28. The number of carbonyl (C=O) groups is 1. The molecule has 0 spiro atoms. The third-order valence-corrected chi connectivity index (χ3v) is 1.97. The zero-order chi connectivity index (χ0) is 10.7. The van der Waals surface area contributed by atoms with Crippen molar-refractivity contribution in [1.29, 1.82) is 0 Å². The van der Waals surface area contributed by atoms with E-state index in [9.17, 15) is 9.59 Å². The Hall–Kier alpha value is -1.62. The van der Waals surface area contributed by atoms with Crippen LogP contribution in [0.3, 0.4) is 0 Å². The van der Waals surface area contributed by atoms with Gasteiger partial charge in [-0.2, -0.15) is 0 Å². The summed E-state index contributed by atoms with van der Waals surface area (Å²) in [5.74, 6) is -0.955. The summed E-state index contributed by atoms with van der Waals surface area (Å²) < 4.78 is 0. The molecule has 5 nitrogen and oxygen atoms in total. The van der Waals surface area contributed by atoms with Crippen LogP contribution in [-0.2, 0) is 4.79 Å². The average Bonchev–Trinajstić information content (AvgIpc) is 2.01. The van der Waals surface area contributed by atoms with E-state index >= 15 is 0 Å². The molecule has 0 aromatic carbocycles. The molecule has 0 unspecified atom stereocenters. The SMILES string of the molecule is Cc1cc(=O)[nH]cc1[C@@H](N)CC(=O)O. The van der Waals surface area contributed by atoms with Gasteiger partial charge in [0, 0.05) is 18.3 Å². The fraction of sp³-hybridized carbons (Fsp3) is 0.333. The number of aryl methyl sites for hydroxylation is 1. The predicted molar refractivity (Wildman–Crippen MR) is 51.0 cm³/mol. The number of H-pyrrole nitrogens is 1. The number of carboxylic acid groups (broad SMARTS) is 1. The van der Waals surface area contributed by atoms with Gasteiger partial charge in [0.25, 0.3) is 0 Å². The first-order valence-electron chi connectivity index (χ1n) is 4.17. The smallest absolute Gasteiger partial charge is 0.305 e. The van der Waals surface area contributed by atoms with Gasteiger partial charge in [0.1, 0.15) is 0 Å². The van der Waals surface area contributed by atoms with Gasteiger partial charge >= 0.3 is 5.97 Å². The summed E-state index contributed by atoms with van der Waals surface area (Å²) >= 11 is 0. The van der Waals surface area contributed by atoms with Gasteiger partial charge in [-0.1, -0.05) is 0 Å². The second kappa shape index (κ2) is 4.06. The number of aromatic nitrogens is 1. The Morgan fingerprint density at radius 3 is 2.86 bits per heavy atom. The minimum Gasteiger partial charge on any atom is -0.481 e. The zero-order valence-electron chi connectivity index (χ0n) is 7.78. The molecule has 0 aliphatic heterocycles. The van der Waals surface area contributed by atoms with Crippen molar-refractivity contribution in [3.8, 4) is 0 Å². The van der Waals surface area contributed by atoms with E-state index in [0.29, 0.717) is 11.1 Å². The molecule has 0 aliphatic rings. The van der Waals surface area contributed by atoms with Crippen LogP contribution in [0, 0.1) is 6.92 Å². The summed E-state index contributed by atoms with van der Waals surface area (Å²) in [6.07, 6.45) is 1.32. The minimum absolute atomic E-state index is 0.146. The Morgan fingerprint density at radius 2 is 2.36 bits per heavy atom. The monoisotopic (exact) mass is 196 g/mol. The molecule has 76 valence electrons. The summed E-state index contributed by atoms with van der Waals surface area (Å²) in [7, 11) is 0. The lowest BCUT2D eigenvalue weighted by Gasteiger charge is -2.11. The third kappa shape index (κ3) is 2.43. The highest BCUT2D eigenvalue weighted by Gasteiger charge is 2.12. The highest BCUT2D eigenvalue weighted by atomic mass is 16.4. The van der Waals surface area contributed by atoms with Crippen LogP contribution in [0.2, 0.25) is 0 Å². The number of hydrogen-bond donors (Lipinski definition) is 3. The van der Waals surface area contributed by atoms with Gasteiger partial charge in [0.2, 0.25) is 5.56 Å². The van der Waals surface area contributed by atoms with Crippen LogP contribution in [-0.4, -0.2) is 16.1 Å². The summed E-state index contributed by atoms with van der Waals surface area (Å²) in [5, 5.41) is 8.54. The van der Waals surface area contributed by atoms with E-state index in [0.717, 1.165) is 0 Å². The van der Waals surface area contributed by atoms with E-state index in [4.69, 9.17) is 10.8 Å². The van der Waals surface area contributed by atoms with Crippen molar-refractivity contribution in [1.82, 2.24) is 4.98 Å². The molecule has 0 bridgehead atoms. The Balaban J connectivity index is 2.95. The molecule has 1 atom stereocenters. The molecule has 1 aromatic heterocycles. The Morgan fingerprint density at radius 1 is 1.71 bits per heavy atom. The normalized spacial score (nSPS) is 12.4. The average molecular weight is 196 g/mol. The molecule has 0 fully saturated rings. The molecule has 0 aliphatic carbocycles. The number of nitrogens with two attached hydrogens (primary N) is 1. The van der Waals surface area contributed by atoms with Crippen molar-refractivity contribution in [2.24, 2.45) is 5.73 Å². The first kappa shape index (κ1) is 10.5. The molecular formula is C9H12N2O3. The lowest BCUT2D eigenvalue weighted by Crippen LogP contribution is -2.18. The summed E-state index contributed by atoms with van der Waals surface area (Å²) in [5.41, 5.74) is 6.80. The molecule has 0 saturated carbocycles. The van der Waals surface area contributed by atoms with Crippen LogP contribution in [0.5, 0.6) is 0 Å². The van der Waals surface area contributed by atoms with E-state index in [-0.39, 0.29) is 12.0 Å². The summed E-state index contributed by atoms with van der Waals surface area (Å²) in [4.78, 5) is 23.8. The van der Waals surface area contributed by atoms with E-state index < -0.39 is 12.0 Å². The molecular weight excluding hydrogens is 184 g/mol. The summed E-state index contributed by atoms with van der Waals surface area (Å²) in [6.45, 7) is 1.73. The number of aliphatic carboxylic acids is 1. The van der Waals surface area contributed by atoms with Crippen LogP contribution >= 0.6 is 0 Å². The molecule has 4 N–H and O–H groups in total. The zero-order valence-corrected chi connectivity index (χ0v) is 7.78. The maximum Gasteiger partial charge on any atom is 0.305 e. The van der Waals surface area contributed by atoms with Gasteiger partial charge in [-0.25, -0.2) is 0 Å². The molecule has 5 heteroatoms. The standard InChI is InChI=1S/C9H12N2O3/c1-5-2-8(12)11-4-6(5)7(10)3-9(13)14/h2,4,7H,3,10H2,1H3,(H,11,12)(H,13,14)/t7-/m0/s1. The number of aromatic amines is 1. The van der Waals surface area contributed by atoms with Crippen molar-refractivity contribution in [2.45, 2.75) is 19.4 Å². The first-order valence-corrected chi connectivity index (χ1v) is 4.17. The maximum atomic E-state index is 10.9. The number of hydrogen-bond acceptors (Lipinski definition) is 3. The molecule has 1 rings (SSSR count). The first-order chi connectivity index (χ1) is 6.50. The molecule has 1 aromatic rings. The lowest BCUT2D eigenvalue weighted by molar-refractivity contribution is -0.137. The molecule has 0 amide bonds. The van der Waals surface area contributed by atoms with Gasteiger partial charge < -0.3 is 15.8 Å². The molecule has 1 heterocycles. The maximum absolute atomic E-state index is 10.9. The van der Waals surface area contributed by atoms with Crippen LogP contribution in [0.4, 0.5) is 0 Å². The third-order valence-electron chi connectivity index (χ3n) is 1.97. The molecule has 0 saturated heterocycles. The Kier molecular flexibility index (Phi) is 3.03. The Labute approximate surface area is 80.6 Å². The van der Waals surface area contributed by atoms with Crippen LogP contribution in [0.25, 0.3) is 0 Å². The molecule has 0 radical (unpaired) electrons. The number of pyridine rings is 1. The van der Waals surface area contributed by atoms with Gasteiger partial charge in [0.15, 0.2) is 0 Å². The highest BCUT2D eigenvalue weighted by molar-refractivity contribution is 5.67. The van der Waals surface area contributed by atoms with Gasteiger partial charge in [0.05, 0.1) is 6.42 Å². The topological polar surface area (TPSA) is 96.2 Å². The highest BCUT2D eigenvalue weighted by Crippen LogP contribution is 2.15. The Bertz CT molecular complexity index is 397. The van der Waals surface area contributed by atoms with Crippen LogP contribution in [0.1, 0.15) is 23.6 Å². The van der Waals surface area contributed by atoms with Gasteiger partial charge in [-0.15, -0.1) is 0 Å². The largest absolute Gasteiger partial charge is 0.481 e. The van der Waals surface area contributed by atoms with E-state index in [1.54, 1.807) is 6.92 Å². The summed E-state index contributed by atoms with van der Waals surface area (Å²) in [6, 6.07) is 0.821. The quantitative estimate of drug-likeness (QED) is 0.641. The lowest BCUT2D eigenvalue weighted by atomic mass is 10.0. The molecule has 14 heavy (non-hydrogen) atoms. The predicted octanol–water partition coefficient (Wildman–Crippen LogP) is 0.158. The van der Waals surface area contributed by atoms with Crippen molar-refractivity contribution >= 4 is 5.97 Å². The number of rotatable bonds is 3. The second-order valence-corrected chi connectivity index (χ2v) is 3.14. The van der Waals surface area contributed by atoms with Crippen LogP contribution in [0.15, 0.2) is 17.1 Å². The number of nitrogens with one attached hydrogen (secondary N) is 1. The van der Waals surface area contributed by atoms with E-state index in [2.05, 4.69) is 4.98 Å². The number of carboxylic acids is 1. The van der Waals surface area contributed by atoms with Crippen LogP contribution < -0.4 is 11.3 Å². The van der Waals surface area contributed by atoms with Crippen molar-refractivity contribution in [3.05, 3.63) is 33.7 Å². The minimum atomic E-state index is -0.955. The van der Waals surface area contributed by atoms with E-state index in [1.807, 2.05) is 0 Å². The fourth-order valence-electron chi connectivity index (χ4n) is 1.28. The second-order valence-electron chi connectivity index (χ2n) is 3.14. The van der Waals surface area contributed by atoms with E-state index in [1.165, 1.54) is 12.3 Å². The van der Waals surface area contributed by atoms with Gasteiger partial charge in [-0.3, -0.25) is 9.59 Å². The van der Waals surface area contributed by atoms with Crippen molar-refractivity contribution in [3.63, 3.8) is 0 Å². The van der Waals surface area contributed by atoms with Gasteiger partial charge in [-0.05, 0) is 18.1 Å². The van der Waals surface area contributed by atoms with Crippen molar-refractivity contribution in [2.75, 3.05) is 0 Å².